The van der Waals surface area contributed by atoms with Gasteiger partial charge in [-0.05, 0) is 36.7 Å². The average Bonchev–Trinajstić information content (AvgIpc) is 3.02. The lowest BCUT2D eigenvalue weighted by molar-refractivity contribution is 0.0591. The van der Waals surface area contributed by atoms with Crippen molar-refractivity contribution >= 4 is 19.7 Å². The minimum absolute atomic E-state index is 0.547. The van der Waals surface area contributed by atoms with Crippen molar-refractivity contribution in [3.63, 3.8) is 0 Å². The zero-order valence-corrected chi connectivity index (χ0v) is 17.1. The first-order valence-corrected chi connectivity index (χ1v) is 12.8. The van der Waals surface area contributed by atoms with Crippen LogP contribution in [0.3, 0.4) is 0 Å². The maximum Gasteiger partial charge on any atom is 0.341 e. The van der Waals surface area contributed by atoms with Crippen molar-refractivity contribution in [3.05, 3.63) is 46.9 Å². The van der Waals surface area contributed by atoms with Crippen LogP contribution in [-0.4, -0.2) is 37.0 Å². The molecule has 132 valence electrons. The van der Waals surface area contributed by atoms with Crippen LogP contribution in [0, 0.1) is 0 Å². The second kappa shape index (κ2) is 6.17. The van der Waals surface area contributed by atoms with E-state index in [2.05, 4.69) is 68.7 Å². The predicted octanol–water partition coefficient (Wildman–Crippen LogP) is 4.74. The largest absolute Gasteiger partial charge is 0.450 e. The fraction of sp³-hybridized carbons (Fsp3) is 0.579. The van der Waals surface area contributed by atoms with E-state index in [1.54, 1.807) is 0 Å². The van der Waals surface area contributed by atoms with Gasteiger partial charge in [0.2, 0.25) is 5.72 Å². The predicted molar refractivity (Wildman–Crippen MR) is 102 cm³/mol. The second-order valence-corrected chi connectivity index (χ2v) is 13.1. The average molecular weight is 366 g/mol. The molecule has 0 aliphatic carbocycles. The van der Waals surface area contributed by atoms with Gasteiger partial charge in [0.15, 0.2) is 0 Å². The van der Waals surface area contributed by atoms with Crippen LogP contribution in [0.5, 0.6) is 0 Å². The summed E-state index contributed by atoms with van der Waals surface area (Å²) in [5.41, 5.74) is 0.777. The number of hydrogen-bond donors (Lipinski definition) is 0. The van der Waals surface area contributed by atoms with E-state index in [1.165, 1.54) is 10.8 Å². The SMILES string of the molecule is CCN(CC)C12OC1(Cl)OC(CCc1ccccc1)=C2[Si](C)(C)C. The maximum absolute atomic E-state index is 6.72. The van der Waals surface area contributed by atoms with E-state index >= 15 is 0 Å². The Morgan fingerprint density at radius 1 is 1.04 bits per heavy atom. The summed E-state index contributed by atoms with van der Waals surface area (Å²) < 4.78 is 12.2. The quantitative estimate of drug-likeness (QED) is 0.396. The molecule has 3 nitrogen and oxygen atoms in total. The summed E-state index contributed by atoms with van der Waals surface area (Å²) in [6.45, 7) is 13.2. The van der Waals surface area contributed by atoms with Crippen molar-refractivity contribution in [2.24, 2.45) is 0 Å². The number of hydrogen-bond acceptors (Lipinski definition) is 3. The van der Waals surface area contributed by atoms with E-state index in [4.69, 9.17) is 21.1 Å². The molecule has 2 unspecified atom stereocenters. The van der Waals surface area contributed by atoms with Crippen molar-refractivity contribution in [3.8, 4) is 0 Å². The van der Waals surface area contributed by atoms with E-state index in [1.807, 2.05) is 0 Å². The van der Waals surface area contributed by atoms with Gasteiger partial charge in [-0.15, -0.1) is 0 Å². The fourth-order valence-electron chi connectivity index (χ4n) is 3.94. The summed E-state index contributed by atoms with van der Waals surface area (Å²) >= 11 is 6.72. The molecule has 1 fully saturated rings. The van der Waals surface area contributed by atoms with Gasteiger partial charge in [-0.3, -0.25) is 9.64 Å². The number of likely N-dealkylation sites (N-methyl/N-ethyl adjacent to an activating group) is 1. The van der Waals surface area contributed by atoms with Crippen molar-refractivity contribution in [1.82, 2.24) is 4.90 Å². The number of ether oxygens (including phenoxy) is 2. The highest BCUT2D eigenvalue weighted by molar-refractivity contribution is 6.83. The van der Waals surface area contributed by atoms with Crippen LogP contribution in [0.25, 0.3) is 0 Å². The lowest BCUT2D eigenvalue weighted by Gasteiger charge is -2.32. The highest BCUT2D eigenvalue weighted by atomic mass is 35.5. The number of benzene rings is 1. The summed E-state index contributed by atoms with van der Waals surface area (Å²) in [7, 11) is -1.66. The summed E-state index contributed by atoms with van der Waals surface area (Å²) in [5.74, 6) is 1.06. The molecule has 2 aliphatic rings. The van der Waals surface area contributed by atoms with Gasteiger partial charge < -0.3 is 4.74 Å². The molecule has 1 saturated heterocycles. The summed E-state index contributed by atoms with van der Waals surface area (Å²) in [4.78, 5) is 2.31. The molecule has 2 heterocycles. The zero-order valence-electron chi connectivity index (χ0n) is 15.4. The third kappa shape index (κ3) is 2.73. The number of allylic oxidation sites excluding steroid dienone is 1. The molecule has 24 heavy (non-hydrogen) atoms. The molecular formula is C19H28ClNO2Si. The standard InChI is InChI=1S/C19H28ClNO2Si/c1-6-21(7-2)18-17(24(3,4)5)16(22-19(18,20)23-18)14-13-15-11-9-8-10-12-15/h8-12H,6-7,13-14H2,1-5H3. The van der Waals surface area contributed by atoms with Crippen molar-refractivity contribution in [2.75, 3.05) is 13.1 Å². The van der Waals surface area contributed by atoms with E-state index < -0.39 is 19.0 Å². The Morgan fingerprint density at radius 2 is 1.67 bits per heavy atom. The van der Waals surface area contributed by atoms with Gasteiger partial charge in [-0.2, -0.15) is 0 Å². The number of alkyl halides is 1. The third-order valence-corrected chi connectivity index (χ3v) is 7.48. The van der Waals surface area contributed by atoms with E-state index in [0.717, 1.165) is 31.7 Å². The third-order valence-electron chi connectivity index (χ3n) is 4.96. The van der Waals surface area contributed by atoms with Gasteiger partial charge in [0, 0.05) is 11.6 Å². The number of rotatable bonds is 7. The molecule has 0 saturated carbocycles. The first kappa shape index (κ1) is 18.0. The van der Waals surface area contributed by atoms with Gasteiger partial charge in [0.1, 0.15) is 5.76 Å². The van der Waals surface area contributed by atoms with Crippen LogP contribution in [0.1, 0.15) is 25.8 Å². The Labute approximate surface area is 151 Å². The Morgan fingerprint density at radius 3 is 2.21 bits per heavy atom. The van der Waals surface area contributed by atoms with Crippen LogP contribution in [0.15, 0.2) is 41.3 Å². The minimum Gasteiger partial charge on any atom is -0.450 e. The molecule has 0 N–H and O–H groups in total. The molecule has 2 atom stereocenters. The minimum atomic E-state index is -1.66. The molecule has 5 heteroatoms. The lowest BCUT2D eigenvalue weighted by atomic mass is 10.1. The number of epoxide rings is 1. The first-order chi connectivity index (χ1) is 11.3. The van der Waals surface area contributed by atoms with Crippen LogP contribution >= 0.6 is 11.6 Å². The summed E-state index contributed by atoms with van der Waals surface area (Å²) in [5, 5.41) is 0.324. The highest BCUT2D eigenvalue weighted by Crippen LogP contribution is 2.66. The van der Waals surface area contributed by atoms with Gasteiger partial charge in [-0.1, -0.05) is 63.8 Å². The Balaban J connectivity index is 1.93. The fourth-order valence-corrected chi connectivity index (χ4v) is 6.84. The Bertz CT molecular complexity index is 639. The van der Waals surface area contributed by atoms with Crippen LogP contribution in [0.4, 0.5) is 0 Å². The van der Waals surface area contributed by atoms with Crippen molar-refractivity contribution in [1.29, 1.82) is 0 Å². The Hall–Kier alpha value is -0.813. The molecule has 0 bridgehead atoms. The van der Waals surface area contributed by atoms with E-state index in [-0.39, 0.29) is 0 Å². The molecule has 0 radical (unpaired) electrons. The van der Waals surface area contributed by atoms with Gasteiger partial charge in [-0.25, -0.2) is 0 Å². The van der Waals surface area contributed by atoms with E-state index in [0.29, 0.717) is 0 Å². The summed E-state index contributed by atoms with van der Waals surface area (Å²) in [6.07, 6.45) is 1.84. The topological polar surface area (TPSA) is 25.0 Å². The highest BCUT2D eigenvalue weighted by Gasteiger charge is 2.82. The normalized spacial score (nSPS) is 29.0. The Kier molecular flexibility index (Phi) is 4.62. The molecular weight excluding hydrogens is 338 g/mol. The number of halogens is 1. The van der Waals surface area contributed by atoms with Crippen LogP contribution < -0.4 is 0 Å². The lowest BCUT2D eigenvalue weighted by Crippen LogP contribution is -2.48. The van der Waals surface area contributed by atoms with Gasteiger partial charge in [0.05, 0.1) is 8.07 Å². The monoisotopic (exact) mass is 365 g/mol. The number of fused-ring (bicyclic) bond motifs is 1. The zero-order chi connectivity index (χ0) is 17.6. The smallest absolute Gasteiger partial charge is 0.341 e. The van der Waals surface area contributed by atoms with Crippen molar-refractivity contribution in [2.45, 2.75) is 57.3 Å². The second-order valence-electron chi connectivity index (χ2n) is 7.59. The van der Waals surface area contributed by atoms with Crippen LogP contribution in [-0.2, 0) is 15.9 Å². The molecule has 0 aromatic heterocycles. The van der Waals surface area contributed by atoms with Gasteiger partial charge in [0.25, 0.3) is 0 Å². The molecule has 0 amide bonds. The molecule has 2 aliphatic heterocycles. The molecule has 3 rings (SSSR count). The van der Waals surface area contributed by atoms with Crippen molar-refractivity contribution < 1.29 is 9.47 Å². The van der Waals surface area contributed by atoms with Crippen LogP contribution in [0.2, 0.25) is 19.6 Å². The molecule has 1 aromatic carbocycles. The number of nitrogens with zero attached hydrogens (tertiary/aromatic N) is 1. The molecule has 1 aromatic rings. The maximum atomic E-state index is 6.72. The first-order valence-electron chi connectivity index (χ1n) is 8.89. The number of aryl methyl sites for hydroxylation is 1. The summed E-state index contributed by atoms with van der Waals surface area (Å²) in [6, 6.07) is 10.5. The van der Waals surface area contributed by atoms with E-state index in [9.17, 15) is 0 Å². The molecule has 0 spiro atoms. The van der Waals surface area contributed by atoms with Gasteiger partial charge >= 0.3 is 5.25 Å².